The van der Waals surface area contributed by atoms with Gasteiger partial charge < -0.3 is 25.6 Å². The SMILES string of the molecule is Nc1ncc(-c2cnn(C3CCN(CCCCCN4CC(Nc5cccc6c5CN([C@@H]5CCC(=O)NC5=O)C6=O)C4)CC3)c2)cc1OCCc1c(Cl)ccc(F)c1Cl. The van der Waals surface area contributed by atoms with Crippen molar-refractivity contribution >= 4 is 52.4 Å². The molecule has 0 bridgehead atoms. The summed E-state index contributed by atoms with van der Waals surface area (Å²) in [5, 5.41) is 11.1. The van der Waals surface area contributed by atoms with Crippen LogP contribution >= 0.6 is 23.2 Å². The van der Waals surface area contributed by atoms with Crippen molar-refractivity contribution in [2.75, 3.05) is 56.9 Å². The fourth-order valence-electron chi connectivity index (χ4n) is 8.52. The van der Waals surface area contributed by atoms with Gasteiger partial charge in [-0.1, -0.05) is 35.7 Å². The molecule has 0 aliphatic carbocycles. The van der Waals surface area contributed by atoms with E-state index in [1.807, 2.05) is 30.5 Å². The van der Waals surface area contributed by atoms with Gasteiger partial charge >= 0.3 is 0 Å². The molecule has 58 heavy (non-hydrogen) atoms. The Hall–Kier alpha value is -4.76. The third-order valence-corrected chi connectivity index (χ3v) is 12.6. The lowest BCUT2D eigenvalue weighted by Crippen LogP contribution is -2.54. The van der Waals surface area contributed by atoms with Crippen molar-refractivity contribution in [2.24, 2.45) is 0 Å². The number of ether oxygens (including phenoxy) is 1. The van der Waals surface area contributed by atoms with E-state index in [-0.39, 0.29) is 41.6 Å². The van der Waals surface area contributed by atoms with Gasteiger partial charge in [-0.3, -0.25) is 29.3 Å². The van der Waals surface area contributed by atoms with E-state index in [1.165, 1.54) is 25.0 Å². The number of nitrogen functional groups attached to an aromatic ring is 1. The van der Waals surface area contributed by atoms with E-state index >= 15 is 0 Å². The zero-order valence-corrected chi connectivity index (χ0v) is 33.8. The van der Waals surface area contributed by atoms with Crippen LogP contribution in [-0.4, -0.2) is 105 Å². The van der Waals surface area contributed by atoms with Gasteiger partial charge in [0.05, 0.1) is 29.9 Å². The van der Waals surface area contributed by atoms with E-state index in [2.05, 4.69) is 36.3 Å². The number of halogens is 3. The number of unbranched alkanes of at least 4 members (excludes halogenated alkanes) is 2. The average molecular weight is 833 g/mol. The monoisotopic (exact) mass is 831 g/mol. The highest BCUT2D eigenvalue weighted by Gasteiger charge is 2.40. The molecule has 0 radical (unpaired) electrons. The number of hydrogen-bond acceptors (Lipinski definition) is 10. The van der Waals surface area contributed by atoms with Crippen LogP contribution < -0.4 is 21.1 Å². The Bertz CT molecular complexity index is 2170. The number of hydrogen-bond donors (Lipinski definition) is 3. The minimum absolute atomic E-state index is 0.00407. The molecule has 3 saturated heterocycles. The maximum Gasteiger partial charge on any atom is 0.255 e. The summed E-state index contributed by atoms with van der Waals surface area (Å²) < 4.78 is 21.9. The largest absolute Gasteiger partial charge is 0.489 e. The number of fused-ring (bicyclic) bond motifs is 1. The molecule has 0 saturated carbocycles. The summed E-state index contributed by atoms with van der Waals surface area (Å²) in [7, 11) is 0. The van der Waals surface area contributed by atoms with E-state index in [1.54, 1.807) is 11.1 Å². The Kier molecular flexibility index (Phi) is 12.2. The smallest absolute Gasteiger partial charge is 0.255 e. The number of aromatic nitrogens is 3. The van der Waals surface area contributed by atoms with Gasteiger partial charge in [0, 0.05) is 90.9 Å². The number of imide groups is 1. The third-order valence-electron chi connectivity index (χ3n) is 11.8. The van der Waals surface area contributed by atoms with Gasteiger partial charge in [0.15, 0.2) is 11.6 Å². The summed E-state index contributed by atoms with van der Waals surface area (Å²) in [6.45, 7) is 6.76. The fraction of sp³-hybridized carbons (Fsp3) is 0.452. The van der Waals surface area contributed by atoms with Crippen molar-refractivity contribution < 1.29 is 23.5 Å². The molecular formula is C42H48Cl2FN9O4. The summed E-state index contributed by atoms with van der Waals surface area (Å²) in [4.78, 5) is 48.2. The summed E-state index contributed by atoms with van der Waals surface area (Å²) in [5.74, 6) is -0.648. The normalized spacial score (nSPS) is 19.3. The first-order chi connectivity index (χ1) is 28.1. The Labute approximate surface area is 347 Å². The van der Waals surface area contributed by atoms with Gasteiger partial charge in [-0.15, -0.1) is 0 Å². The number of amides is 3. The van der Waals surface area contributed by atoms with Crippen LogP contribution in [0.5, 0.6) is 5.75 Å². The number of rotatable bonds is 15. The summed E-state index contributed by atoms with van der Waals surface area (Å²) in [5.41, 5.74) is 10.9. The predicted octanol–water partition coefficient (Wildman–Crippen LogP) is 5.96. The number of carbonyl (C=O) groups is 3. The zero-order chi connectivity index (χ0) is 40.3. The molecule has 4 N–H and O–H groups in total. The molecule has 8 rings (SSSR count). The van der Waals surface area contributed by atoms with Crippen LogP contribution in [0.15, 0.2) is 55.0 Å². The summed E-state index contributed by atoms with van der Waals surface area (Å²) in [6, 6.07) is 10.3. The Balaban J connectivity index is 0.720. The van der Waals surface area contributed by atoms with Gasteiger partial charge in [0.25, 0.3) is 5.91 Å². The molecule has 2 aromatic carbocycles. The van der Waals surface area contributed by atoms with Crippen LogP contribution in [-0.2, 0) is 22.6 Å². The lowest BCUT2D eigenvalue weighted by molar-refractivity contribution is -0.136. The Morgan fingerprint density at radius 2 is 1.76 bits per heavy atom. The van der Waals surface area contributed by atoms with E-state index in [0.717, 1.165) is 80.9 Å². The Morgan fingerprint density at radius 1 is 0.966 bits per heavy atom. The van der Waals surface area contributed by atoms with Crippen LogP contribution in [0.1, 0.15) is 72.5 Å². The Morgan fingerprint density at radius 3 is 2.55 bits per heavy atom. The first-order valence-electron chi connectivity index (χ1n) is 20.1. The highest BCUT2D eigenvalue weighted by molar-refractivity contribution is 6.36. The van der Waals surface area contributed by atoms with E-state index in [4.69, 9.17) is 38.8 Å². The highest BCUT2D eigenvalue weighted by Crippen LogP contribution is 2.34. The van der Waals surface area contributed by atoms with Crippen LogP contribution in [0, 0.1) is 5.82 Å². The van der Waals surface area contributed by atoms with Gasteiger partial charge in [-0.25, -0.2) is 9.37 Å². The third kappa shape index (κ3) is 8.80. The quantitative estimate of drug-likeness (QED) is 0.0745. The average Bonchev–Trinajstić information content (AvgIpc) is 3.83. The first-order valence-corrected chi connectivity index (χ1v) is 20.9. The van der Waals surface area contributed by atoms with Crippen LogP contribution in [0.4, 0.5) is 15.9 Å². The maximum atomic E-state index is 13.9. The van der Waals surface area contributed by atoms with Crippen LogP contribution in [0.3, 0.4) is 0 Å². The number of nitrogens with one attached hydrogen (secondary N) is 2. The van der Waals surface area contributed by atoms with Gasteiger partial charge in [0.1, 0.15) is 11.9 Å². The molecule has 3 fully saturated rings. The molecule has 4 aromatic rings. The van der Waals surface area contributed by atoms with E-state index in [9.17, 15) is 18.8 Å². The predicted molar refractivity (Wildman–Crippen MR) is 220 cm³/mol. The number of benzene rings is 2. The highest BCUT2D eigenvalue weighted by atomic mass is 35.5. The lowest BCUT2D eigenvalue weighted by atomic mass is 10.0. The molecule has 4 aliphatic rings. The van der Waals surface area contributed by atoms with Crippen molar-refractivity contribution in [2.45, 2.75) is 76.0 Å². The van der Waals surface area contributed by atoms with Crippen LogP contribution in [0.2, 0.25) is 10.0 Å². The maximum absolute atomic E-state index is 13.9. The van der Waals surface area contributed by atoms with Crippen molar-refractivity contribution in [3.8, 4) is 16.9 Å². The fourth-order valence-corrected chi connectivity index (χ4v) is 9.08. The molecule has 0 spiro atoms. The van der Waals surface area contributed by atoms with Crippen LogP contribution in [0.25, 0.3) is 11.1 Å². The lowest BCUT2D eigenvalue weighted by Gasteiger charge is -2.40. The van der Waals surface area contributed by atoms with E-state index in [0.29, 0.717) is 53.4 Å². The number of pyridine rings is 1. The van der Waals surface area contributed by atoms with Crippen molar-refractivity contribution in [1.82, 2.24) is 34.8 Å². The molecule has 3 amide bonds. The molecule has 306 valence electrons. The van der Waals surface area contributed by atoms with Crippen molar-refractivity contribution in [3.63, 3.8) is 0 Å². The number of carbonyl (C=O) groups excluding carboxylic acids is 3. The second-order valence-electron chi connectivity index (χ2n) is 15.7. The molecule has 16 heteroatoms. The molecule has 0 unspecified atom stereocenters. The number of nitrogens with two attached hydrogens (primary N) is 1. The minimum Gasteiger partial charge on any atom is -0.489 e. The molecule has 13 nitrogen and oxygen atoms in total. The van der Waals surface area contributed by atoms with E-state index < -0.39 is 11.9 Å². The van der Waals surface area contributed by atoms with Gasteiger partial charge in [0.2, 0.25) is 11.8 Å². The minimum atomic E-state index is -0.611. The first kappa shape index (κ1) is 40.0. The molecule has 6 heterocycles. The van der Waals surface area contributed by atoms with Gasteiger partial charge in [-0.2, -0.15) is 5.10 Å². The second-order valence-corrected chi connectivity index (χ2v) is 16.5. The summed E-state index contributed by atoms with van der Waals surface area (Å²) >= 11 is 12.3. The van der Waals surface area contributed by atoms with Gasteiger partial charge in [-0.05, 0) is 81.1 Å². The molecular weight excluding hydrogens is 784 g/mol. The molecule has 1 atom stereocenters. The summed E-state index contributed by atoms with van der Waals surface area (Å²) in [6.07, 6.45) is 12.1. The number of anilines is 2. The second kappa shape index (κ2) is 17.6. The zero-order valence-electron chi connectivity index (χ0n) is 32.3. The molecule has 2 aromatic heterocycles. The van der Waals surface area contributed by atoms with Crippen molar-refractivity contribution in [3.05, 3.63) is 87.5 Å². The molecule has 4 aliphatic heterocycles. The standard InChI is InChI=1S/C42H48Cl2FN9O4/c43-33-7-8-34(45)39(44)31(33)13-18-58-37-19-26(20-47-40(37)46)27-21-48-54(22-27)29-11-16-51(17-12-29)14-2-1-3-15-52-23-28(24-52)49-35-6-4-5-30-32(35)25-53(42(30)57)36-9-10-38(55)50-41(36)56/h4-8,19-22,28-29,36,49H,1-3,9-18,23-25H2,(H2,46,47)(H,50,55,56)/t36-/m1/s1. The number of nitrogens with zero attached hydrogens (tertiary/aromatic N) is 6. The topological polar surface area (TPSA) is 151 Å². The number of piperidine rings is 2. The van der Waals surface area contributed by atoms with Crippen molar-refractivity contribution in [1.29, 1.82) is 0 Å². The number of likely N-dealkylation sites (tertiary alicyclic amines) is 2.